The van der Waals surface area contributed by atoms with E-state index in [-0.39, 0.29) is 12.6 Å². The smallest absolute Gasteiger partial charge is 0.120 e. The van der Waals surface area contributed by atoms with Gasteiger partial charge in [0.05, 0.1) is 12.9 Å². The van der Waals surface area contributed by atoms with Gasteiger partial charge in [-0.3, -0.25) is 0 Å². The average Bonchev–Trinajstić information content (AvgIpc) is 3.20. The van der Waals surface area contributed by atoms with Crippen molar-refractivity contribution in [3.05, 3.63) is 76.8 Å². The van der Waals surface area contributed by atoms with E-state index in [1.165, 1.54) is 5.56 Å². The summed E-state index contributed by atoms with van der Waals surface area (Å²) >= 11 is 3.59. The van der Waals surface area contributed by atoms with Gasteiger partial charge in [-0.15, -0.1) is 0 Å². The number of aliphatic hydroxyl groups is 1. The highest BCUT2D eigenvalue weighted by molar-refractivity contribution is 9.10. The molecule has 0 radical (unpaired) electrons. The Morgan fingerprint density at radius 2 is 2.04 bits per heavy atom. The number of hydrogen-bond donors (Lipinski definition) is 2. The zero-order chi connectivity index (χ0) is 18.4. The van der Waals surface area contributed by atoms with Gasteiger partial charge < -0.3 is 19.7 Å². The summed E-state index contributed by atoms with van der Waals surface area (Å²) in [6, 6.07) is 14.6. The molecule has 1 aromatic heterocycles. The van der Waals surface area contributed by atoms with Crippen molar-refractivity contribution in [3.63, 3.8) is 0 Å². The number of halogens is 1. The standard InChI is InChI=1S/C20H22BrN3O2/c1-15(16-2-5-18(6-3-16)24-9-8-22-14-24)23-13-17-4-7-19(12-20(17)21)26-11-10-25/h2-9,12,14-15,23,25H,10-11,13H2,1H3. The summed E-state index contributed by atoms with van der Waals surface area (Å²) in [4.78, 5) is 4.07. The third-order valence-electron chi connectivity index (χ3n) is 4.18. The summed E-state index contributed by atoms with van der Waals surface area (Å²) in [6.45, 7) is 3.21. The molecular weight excluding hydrogens is 394 g/mol. The molecule has 3 aromatic rings. The number of imidazole rings is 1. The molecule has 1 atom stereocenters. The van der Waals surface area contributed by atoms with Gasteiger partial charge in [-0.25, -0.2) is 4.98 Å². The van der Waals surface area contributed by atoms with Crippen LogP contribution in [0.2, 0.25) is 0 Å². The Labute approximate surface area is 161 Å². The van der Waals surface area contributed by atoms with Gasteiger partial charge in [-0.2, -0.15) is 0 Å². The quantitative estimate of drug-likeness (QED) is 0.586. The molecule has 3 rings (SSSR count). The Balaban J connectivity index is 1.59. The first-order valence-corrected chi connectivity index (χ1v) is 9.30. The van der Waals surface area contributed by atoms with Crippen LogP contribution in [0.3, 0.4) is 0 Å². The van der Waals surface area contributed by atoms with E-state index in [2.05, 4.69) is 57.4 Å². The molecule has 0 saturated carbocycles. The fourth-order valence-corrected chi connectivity index (χ4v) is 3.15. The number of aliphatic hydroxyl groups excluding tert-OH is 1. The molecule has 1 heterocycles. The van der Waals surface area contributed by atoms with Crippen molar-refractivity contribution in [1.82, 2.24) is 14.9 Å². The highest BCUT2D eigenvalue weighted by Gasteiger charge is 2.08. The van der Waals surface area contributed by atoms with E-state index >= 15 is 0 Å². The van der Waals surface area contributed by atoms with Crippen LogP contribution in [0.15, 0.2) is 65.7 Å². The molecule has 5 nitrogen and oxygen atoms in total. The van der Waals surface area contributed by atoms with E-state index in [1.54, 1.807) is 12.5 Å². The number of ether oxygens (including phenoxy) is 1. The van der Waals surface area contributed by atoms with Gasteiger partial charge in [0, 0.05) is 35.1 Å². The molecule has 2 N–H and O–H groups in total. The first kappa shape index (κ1) is 18.6. The Hall–Kier alpha value is -2.15. The lowest BCUT2D eigenvalue weighted by molar-refractivity contribution is 0.201. The Morgan fingerprint density at radius 1 is 1.23 bits per heavy atom. The lowest BCUT2D eigenvalue weighted by Crippen LogP contribution is -2.18. The molecule has 0 fully saturated rings. The number of aromatic nitrogens is 2. The molecule has 0 saturated heterocycles. The number of hydrogen-bond acceptors (Lipinski definition) is 4. The predicted molar refractivity (Wildman–Crippen MR) is 106 cm³/mol. The van der Waals surface area contributed by atoms with E-state index in [4.69, 9.17) is 9.84 Å². The number of nitrogens with one attached hydrogen (secondary N) is 1. The second-order valence-electron chi connectivity index (χ2n) is 5.99. The van der Waals surface area contributed by atoms with Gasteiger partial charge in [0.15, 0.2) is 0 Å². The topological polar surface area (TPSA) is 59.3 Å². The van der Waals surface area contributed by atoms with E-state index in [9.17, 15) is 0 Å². The molecule has 0 amide bonds. The number of rotatable bonds is 8. The van der Waals surface area contributed by atoms with E-state index < -0.39 is 0 Å². The summed E-state index contributed by atoms with van der Waals surface area (Å²) in [7, 11) is 0. The Bertz CT molecular complexity index is 820. The van der Waals surface area contributed by atoms with Crippen LogP contribution in [0.5, 0.6) is 5.75 Å². The van der Waals surface area contributed by atoms with Crippen LogP contribution in [-0.4, -0.2) is 27.9 Å². The minimum Gasteiger partial charge on any atom is -0.491 e. The van der Waals surface area contributed by atoms with Crippen molar-refractivity contribution in [2.75, 3.05) is 13.2 Å². The highest BCUT2D eigenvalue weighted by atomic mass is 79.9. The molecule has 136 valence electrons. The minimum absolute atomic E-state index is 0.0120. The van der Waals surface area contributed by atoms with Gasteiger partial charge in [0.25, 0.3) is 0 Å². The first-order valence-electron chi connectivity index (χ1n) is 8.51. The van der Waals surface area contributed by atoms with Crippen molar-refractivity contribution >= 4 is 15.9 Å². The third kappa shape index (κ3) is 4.72. The first-order chi connectivity index (χ1) is 12.7. The van der Waals surface area contributed by atoms with Gasteiger partial charge in [-0.05, 0) is 42.3 Å². The van der Waals surface area contributed by atoms with Crippen molar-refractivity contribution in [1.29, 1.82) is 0 Å². The molecule has 0 aliphatic carbocycles. The molecule has 0 bridgehead atoms. The van der Waals surface area contributed by atoms with Crippen LogP contribution >= 0.6 is 15.9 Å². The van der Waals surface area contributed by atoms with Gasteiger partial charge >= 0.3 is 0 Å². The number of benzene rings is 2. The Kier molecular flexibility index (Phi) is 6.44. The van der Waals surface area contributed by atoms with Crippen LogP contribution in [0, 0.1) is 0 Å². The molecular formula is C20H22BrN3O2. The molecule has 26 heavy (non-hydrogen) atoms. The zero-order valence-electron chi connectivity index (χ0n) is 14.6. The fraction of sp³-hybridized carbons (Fsp3) is 0.250. The third-order valence-corrected chi connectivity index (χ3v) is 4.92. The van der Waals surface area contributed by atoms with Gasteiger partial charge in [-0.1, -0.05) is 34.1 Å². The van der Waals surface area contributed by atoms with Crippen LogP contribution in [0.25, 0.3) is 5.69 Å². The van der Waals surface area contributed by atoms with E-state index in [1.807, 2.05) is 29.0 Å². The van der Waals surface area contributed by atoms with Crippen molar-refractivity contribution in [2.24, 2.45) is 0 Å². The maximum atomic E-state index is 8.82. The normalized spacial score (nSPS) is 12.1. The molecule has 6 heteroatoms. The molecule has 0 spiro atoms. The molecule has 1 unspecified atom stereocenters. The Morgan fingerprint density at radius 3 is 2.69 bits per heavy atom. The van der Waals surface area contributed by atoms with Gasteiger partial charge in [0.1, 0.15) is 12.4 Å². The summed E-state index contributed by atoms with van der Waals surface area (Å²) < 4.78 is 8.40. The summed E-state index contributed by atoms with van der Waals surface area (Å²) in [5.74, 6) is 0.748. The minimum atomic E-state index is 0.0120. The van der Waals surface area contributed by atoms with E-state index in [0.29, 0.717) is 6.61 Å². The van der Waals surface area contributed by atoms with Crippen LogP contribution in [0.4, 0.5) is 0 Å². The summed E-state index contributed by atoms with van der Waals surface area (Å²) in [5, 5.41) is 12.4. The van der Waals surface area contributed by atoms with E-state index in [0.717, 1.165) is 28.0 Å². The van der Waals surface area contributed by atoms with Gasteiger partial charge in [0.2, 0.25) is 0 Å². The van der Waals surface area contributed by atoms with Crippen LogP contribution in [0.1, 0.15) is 24.1 Å². The SMILES string of the molecule is CC(NCc1ccc(OCCO)cc1Br)c1ccc(-n2ccnc2)cc1. The lowest BCUT2D eigenvalue weighted by atomic mass is 10.1. The van der Waals surface area contributed by atoms with Crippen molar-refractivity contribution in [2.45, 2.75) is 19.5 Å². The van der Waals surface area contributed by atoms with Crippen molar-refractivity contribution in [3.8, 4) is 11.4 Å². The average molecular weight is 416 g/mol. The number of nitrogens with zero attached hydrogens (tertiary/aromatic N) is 2. The predicted octanol–water partition coefficient (Wildman–Crippen LogP) is 3.86. The second kappa shape index (κ2) is 8.98. The summed E-state index contributed by atoms with van der Waals surface area (Å²) in [5.41, 5.74) is 3.48. The zero-order valence-corrected chi connectivity index (χ0v) is 16.2. The largest absolute Gasteiger partial charge is 0.491 e. The maximum absolute atomic E-state index is 8.82. The molecule has 0 aliphatic rings. The highest BCUT2D eigenvalue weighted by Crippen LogP contribution is 2.24. The van der Waals surface area contributed by atoms with Crippen LogP contribution in [-0.2, 0) is 6.54 Å². The maximum Gasteiger partial charge on any atom is 0.120 e. The molecule has 2 aromatic carbocycles. The monoisotopic (exact) mass is 415 g/mol. The summed E-state index contributed by atoms with van der Waals surface area (Å²) in [6.07, 6.45) is 5.50. The fourth-order valence-electron chi connectivity index (χ4n) is 2.65. The lowest BCUT2D eigenvalue weighted by Gasteiger charge is -2.16. The van der Waals surface area contributed by atoms with Crippen LogP contribution < -0.4 is 10.1 Å². The second-order valence-corrected chi connectivity index (χ2v) is 6.84. The van der Waals surface area contributed by atoms with Crippen molar-refractivity contribution < 1.29 is 9.84 Å². The molecule has 0 aliphatic heterocycles.